The molecule has 0 unspecified atom stereocenters. The Morgan fingerprint density at radius 3 is 2.52 bits per heavy atom. The van der Waals surface area contributed by atoms with Crippen molar-refractivity contribution < 1.29 is 9.21 Å². The number of likely N-dealkylation sites (tertiary alicyclic amines) is 1. The molecule has 0 N–H and O–H groups in total. The lowest BCUT2D eigenvalue weighted by Crippen LogP contribution is -2.39. The fraction of sp³-hybridized carbons (Fsp3) is 0.300. The Balaban J connectivity index is 1.46. The molecule has 25 heavy (non-hydrogen) atoms. The molecule has 5 nitrogen and oxygen atoms in total. The van der Waals surface area contributed by atoms with Crippen molar-refractivity contribution in [2.75, 3.05) is 13.1 Å². The second kappa shape index (κ2) is 6.59. The van der Waals surface area contributed by atoms with Crippen LogP contribution < -0.4 is 0 Å². The highest BCUT2D eigenvalue weighted by molar-refractivity contribution is 5.95. The Kier molecular flexibility index (Phi) is 4.14. The van der Waals surface area contributed by atoms with Crippen molar-refractivity contribution in [3.8, 4) is 11.5 Å². The van der Waals surface area contributed by atoms with E-state index >= 15 is 0 Å². The van der Waals surface area contributed by atoms with Crippen molar-refractivity contribution in [1.29, 1.82) is 0 Å². The first kappa shape index (κ1) is 15.7. The van der Waals surface area contributed by atoms with Gasteiger partial charge in [-0.3, -0.25) is 4.79 Å². The number of aromatic nitrogens is 2. The van der Waals surface area contributed by atoms with Gasteiger partial charge in [0.15, 0.2) is 5.76 Å². The van der Waals surface area contributed by atoms with E-state index in [4.69, 9.17) is 4.42 Å². The number of amides is 1. The standard InChI is InChI=1S/C20H21N3O2/c1-15-17(6-7-18(21-15)19-5-4-14-25-19)20(24)23-12-8-16(9-13-23)22-10-2-3-11-22/h2-7,10-11,14,16H,8-9,12-13H2,1H3. The lowest BCUT2D eigenvalue weighted by molar-refractivity contribution is 0.0693. The van der Waals surface area contributed by atoms with Gasteiger partial charge in [0.2, 0.25) is 0 Å². The number of hydrogen-bond acceptors (Lipinski definition) is 3. The van der Waals surface area contributed by atoms with Crippen molar-refractivity contribution in [1.82, 2.24) is 14.5 Å². The van der Waals surface area contributed by atoms with Crippen molar-refractivity contribution in [3.63, 3.8) is 0 Å². The van der Waals surface area contributed by atoms with E-state index in [0.29, 0.717) is 11.6 Å². The van der Waals surface area contributed by atoms with Gasteiger partial charge in [-0.25, -0.2) is 4.98 Å². The molecular weight excluding hydrogens is 314 g/mol. The summed E-state index contributed by atoms with van der Waals surface area (Å²) in [7, 11) is 0. The normalized spacial score (nSPS) is 15.5. The van der Waals surface area contributed by atoms with Crippen LogP contribution in [-0.2, 0) is 0 Å². The van der Waals surface area contributed by atoms with E-state index < -0.39 is 0 Å². The molecule has 1 fully saturated rings. The number of rotatable bonds is 3. The molecule has 5 heteroatoms. The predicted octanol–water partition coefficient (Wildman–Crippen LogP) is 3.93. The maximum atomic E-state index is 12.9. The lowest BCUT2D eigenvalue weighted by atomic mass is 10.0. The number of aryl methyl sites for hydroxylation is 1. The van der Waals surface area contributed by atoms with Gasteiger partial charge >= 0.3 is 0 Å². The first-order valence-corrected chi connectivity index (χ1v) is 8.65. The molecule has 4 rings (SSSR count). The topological polar surface area (TPSA) is 51.3 Å². The van der Waals surface area contributed by atoms with Crippen LogP contribution in [0.15, 0.2) is 59.5 Å². The van der Waals surface area contributed by atoms with E-state index in [1.807, 2.05) is 48.2 Å². The highest BCUT2D eigenvalue weighted by atomic mass is 16.3. The van der Waals surface area contributed by atoms with E-state index in [2.05, 4.69) is 21.9 Å². The number of piperidine rings is 1. The fourth-order valence-electron chi connectivity index (χ4n) is 3.48. The van der Waals surface area contributed by atoms with Gasteiger partial charge in [0.25, 0.3) is 5.91 Å². The Labute approximate surface area is 146 Å². The number of furan rings is 1. The Bertz CT molecular complexity index is 845. The summed E-state index contributed by atoms with van der Waals surface area (Å²) in [5.74, 6) is 0.789. The Morgan fingerprint density at radius 1 is 1.12 bits per heavy atom. The monoisotopic (exact) mass is 335 g/mol. The molecule has 3 aromatic rings. The second-order valence-corrected chi connectivity index (χ2v) is 6.46. The van der Waals surface area contributed by atoms with Gasteiger partial charge in [0, 0.05) is 31.5 Å². The third kappa shape index (κ3) is 3.09. The second-order valence-electron chi connectivity index (χ2n) is 6.46. The number of pyridine rings is 1. The fourth-order valence-corrected chi connectivity index (χ4v) is 3.48. The zero-order valence-corrected chi connectivity index (χ0v) is 14.3. The van der Waals surface area contributed by atoms with Crippen LogP contribution in [-0.4, -0.2) is 33.4 Å². The van der Waals surface area contributed by atoms with Crippen LogP contribution in [0.25, 0.3) is 11.5 Å². The maximum Gasteiger partial charge on any atom is 0.255 e. The van der Waals surface area contributed by atoms with Gasteiger partial charge in [0.1, 0.15) is 5.69 Å². The molecule has 0 radical (unpaired) electrons. The highest BCUT2D eigenvalue weighted by Gasteiger charge is 2.25. The van der Waals surface area contributed by atoms with E-state index in [0.717, 1.165) is 43.1 Å². The minimum atomic E-state index is 0.0713. The quantitative estimate of drug-likeness (QED) is 0.729. The van der Waals surface area contributed by atoms with Crippen molar-refractivity contribution in [2.24, 2.45) is 0 Å². The number of nitrogens with zero attached hydrogens (tertiary/aromatic N) is 3. The van der Waals surface area contributed by atoms with Crippen LogP contribution in [0.3, 0.4) is 0 Å². The number of carbonyl (C=O) groups excluding carboxylic acids is 1. The van der Waals surface area contributed by atoms with E-state index in [9.17, 15) is 4.79 Å². The molecule has 128 valence electrons. The Morgan fingerprint density at radius 2 is 1.88 bits per heavy atom. The van der Waals surface area contributed by atoms with Gasteiger partial charge in [-0.15, -0.1) is 0 Å². The van der Waals surface area contributed by atoms with Crippen LogP contribution in [0.5, 0.6) is 0 Å². The minimum Gasteiger partial charge on any atom is -0.463 e. The maximum absolute atomic E-state index is 12.9. The Hall–Kier alpha value is -2.82. The summed E-state index contributed by atoms with van der Waals surface area (Å²) in [5.41, 5.74) is 2.17. The predicted molar refractivity (Wildman–Crippen MR) is 95.3 cm³/mol. The van der Waals surface area contributed by atoms with Gasteiger partial charge in [-0.1, -0.05) is 0 Å². The average molecular weight is 335 g/mol. The van der Waals surface area contributed by atoms with Crippen molar-refractivity contribution in [2.45, 2.75) is 25.8 Å². The zero-order chi connectivity index (χ0) is 17.2. The molecule has 1 saturated heterocycles. The summed E-state index contributed by atoms with van der Waals surface area (Å²) in [6, 6.07) is 12.0. The minimum absolute atomic E-state index is 0.0713. The summed E-state index contributed by atoms with van der Waals surface area (Å²) in [4.78, 5) is 19.4. The molecule has 1 amide bonds. The van der Waals surface area contributed by atoms with Crippen LogP contribution in [0, 0.1) is 6.92 Å². The first-order valence-electron chi connectivity index (χ1n) is 8.65. The third-order valence-corrected chi connectivity index (χ3v) is 4.89. The van der Waals surface area contributed by atoms with E-state index in [1.54, 1.807) is 6.26 Å². The third-order valence-electron chi connectivity index (χ3n) is 4.89. The molecule has 1 aliphatic rings. The van der Waals surface area contributed by atoms with Crippen LogP contribution in [0.4, 0.5) is 0 Å². The summed E-state index contributed by atoms with van der Waals surface area (Å²) in [5, 5.41) is 0. The van der Waals surface area contributed by atoms with Gasteiger partial charge in [-0.2, -0.15) is 0 Å². The molecule has 0 saturated carbocycles. The summed E-state index contributed by atoms with van der Waals surface area (Å²) in [6.45, 7) is 3.44. The molecule has 0 spiro atoms. The first-order chi connectivity index (χ1) is 12.2. The molecular formula is C20H21N3O2. The number of carbonyl (C=O) groups is 1. The molecule has 0 aromatic carbocycles. The van der Waals surface area contributed by atoms with Crippen molar-refractivity contribution in [3.05, 3.63) is 66.3 Å². The summed E-state index contributed by atoms with van der Waals surface area (Å²) < 4.78 is 7.62. The average Bonchev–Trinajstić information content (AvgIpc) is 3.35. The van der Waals surface area contributed by atoms with E-state index in [-0.39, 0.29) is 5.91 Å². The van der Waals surface area contributed by atoms with Crippen LogP contribution >= 0.6 is 0 Å². The summed E-state index contributed by atoms with van der Waals surface area (Å²) in [6.07, 6.45) is 7.79. The highest BCUT2D eigenvalue weighted by Crippen LogP contribution is 2.25. The van der Waals surface area contributed by atoms with Crippen molar-refractivity contribution >= 4 is 5.91 Å². The van der Waals surface area contributed by atoms with Crippen LogP contribution in [0.1, 0.15) is 34.9 Å². The van der Waals surface area contributed by atoms with Crippen LogP contribution in [0.2, 0.25) is 0 Å². The summed E-state index contributed by atoms with van der Waals surface area (Å²) >= 11 is 0. The van der Waals surface area contributed by atoms with Gasteiger partial charge in [-0.05, 0) is 56.2 Å². The van der Waals surface area contributed by atoms with Gasteiger partial charge < -0.3 is 13.9 Å². The molecule has 3 aromatic heterocycles. The van der Waals surface area contributed by atoms with Gasteiger partial charge in [0.05, 0.1) is 17.5 Å². The zero-order valence-electron chi connectivity index (χ0n) is 14.3. The molecule has 1 aliphatic heterocycles. The molecule has 0 aliphatic carbocycles. The lowest BCUT2D eigenvalue weighted by Gasteiger charge is -2.33. The smallest absolute Gasteiger partial charge is 0.255 e. The van der Waals surface area contributed by atoms with E-state index in [1.165, 1.54) is 0 Å². The largest absolute Gasteiger partial charge is 0.463 e. The molecule has 0 bridgehead atoms. The number of hydrogen-bond donors (Lipinski definition) is 0. The molecule has 4 heterocycles. The SMILES string of the molecule is Cc1nc(-c2ccco2)ccc1C(=O)N1CCC(n2cccc2)CC1. The molecule has 0 atom stereocenters.